The Kier molecular flexibility index (Phi) is 7.57. The minimum atomic E-state index is -0.208. The predicted octanol–water partition coefficient (Wildman–Crippen LogP) is 3.89. The summed E-state index contributed by atoms with van der Waals surface area (Å²) in [6.07, 6.45) is 12.0. The minimum Gasteiger partial charge on any atom is -0.267 e. The molecule has 2 aromatic rings. The van der Waals surface area contributed by atoms with Gasteiger partial charge in [-0.1, -0.05) is 56.2 Å². The lowest BCUT2D eigenvalue weighted by molar-refractivity contribution is -0.671. The van der Waals surface area contributed by atoms with E-state index in [0.29, 0.717) is 5.56 Å². The van der Waals surface area contributed by atoms with Gasteiger partial charge in [-0.15, -0.1) is 0 Å². The first-order chi connectivity index (χ1) is 12.2. The molecule has 1 amide bonds. The third-order valence-corrected chi connectivity index (χ3v) is 3.82. The van der Waals surface area contributed by atoms with Crippen LogP contribution < -0.4 is 9.99 Å². The molecule has 25 heavy (non-hydrogen) atoms. The number of nitrogens with zero attached hydrogens (tertiary/aromatic N) is 2. The van der Waals surface area contributed by atoms with Crippen molar-refractivity contribution in [3.63, 3.8) is 0 Å². The van der Waals surface area contributed by atoms with Crippen molar-refractivity contribution in [1.82, 2.24) is 5.43 Å². The Morgan fingerprint density at radius 3 is 2.68 bits per heavy atom. The van der Waals surface area contributed by atoms with Gasteiger partial charge in [0.1, 0.15) is 12.6 Å². The second kappa shape index (κ2) is 10.2. The zero-order valence-corrected chi connectivity index (χ0v) is 15.0. The fourth-order valence-electron chi connectivity index (χ4n) is 2.48. The Labute approximate surface area is 149 Å². The van der Waals surface area contributed by atoms with Crippen molar-refractivity contribution in [2.24, 2.45) is 12.1 Å². The van der Waals surface area contributed by atoms with Gasteiger partial charge in [0.2, 0.25) is 0 Å². The molecule has 1 aromatic carbocycles. The lowest BCUT2D eigenvalue weighted by Crippen LogP contribution is -2.29. The number of amides is 1. The average Bonchev–Trinajstić information content (AvgIpc) is 2.62. The summed E-state index contributed by atoms with van der Waals surface area (Å²) in [6.45, 7) is 2.19. The van der Waals surface area contributed by atoms with E-state index in [1.54, 1.807) is 18.5 Å². The Hall–Kier alpha value is -2.75. The Balaban J connectivity index is 2.03. The number of aryl methyl sites for hydroxylation is 1. The number of hydrogen-bond acceptors (Lipinski definition) is 2. The molecule has 0 saturated carbocycles. The van der Waals surface area contributed by atoms with E-state index in [1.807, 2.05) is 42.1 Å². The molecule has 0 aliphatic carbocycles. The SMILES string of the molecule is CCCCCC(/C=N/NC(=O)c1ccc[n+](C)c1)=C\c1ccccc1. The first kappa shape index (κ1) is 18.6. The van der Waals surface area contributed by atoms with Crippen LogP contribution in [0.5, 0.6) is 0 Å². The molecule has 0 aliphatic rings. The summed E-state index contributed by atoms with van der Waals surface area (Å²) < 4.78 is 1.84. The second-order valence-electron chi connectivity index (χ2n) is 6.04. The maximum atomic E-state index is 12.1. The van der Waals surface area contributed by atoms with Gasteiger partial charge in [-0.3, -0.25) is 4.79 Å². The van der Waals surface area contributed by atoms with Gasteiger partial charge in [0, 0.05) is 6.07 Å². The number of pyridine rings is 1. The number of aromatic nitrogens is 1. The lowest BCUT2D eigenvalue weighted by atomic mass is 10.1. The van der Waals surface area contributed by atoms with Gasteiger partial charge >= 0.3 is 0 Å². The highest BCUT2D eigenvalue weighted by atomic mass is 16.2. The van der Waals surface area contributed by atoms with Crippen molar-refractivity contribution in [2.45, 2.75) is 32.6 Å². The zero-order chi connectivity index (χ0) is 17.9. The summed E-state index contributed by atoms with van der Waals surface area (Å²) in [5.41, 5.74) is 5.44. The van der Waals surface area contributed by atoms with E-state index in [1.165, 1.54) is 12.8 Å². The van der Waals surface area contributed by atoms with Crippen LogP contribution in [0, 0.1) is 0 Å². The standard InChI is InChI=1S/C21H25N3O/c1-3-4-6-12-19(15-18-10-7-5-8-11-18)16-22-23-21(25)20-13-9-14-24(2)17-20/h5,7-11,13-17H,3-4,6,12H2,1-2H3/p+1/b19-15+,22-16+. The number of hydrogen-bond donors (Lipinski definition) is 1. The fraction of sp³-hybridized carbons (Fsp3) is 0.286. The van der Waals surface area contributed by atoms with E-state index in [-0.39, 0.29) is 5.91 Å². The van der Waals surface area contributed by atoms with Crippen LogP contribution in [0.15, 0.2) is 65.5 Å². The van der Waals surface area contributed by atoms with Gasteiger partial charge in [-0.2, -0.15) is 5.10 Å². The van der Waals surface area contributed by atoms with E-state index in [4.69, 9.17) is 0 Å². The normalized spacial score (nSPS) is 11.7. The van der Waals surface area contributed by atoms with Gasteiger partial charge in [0.05, 0.1) is 6.21 Å². The largest absolute Gasteiger partial charge is 0.277 e. The van der Waals surface area contributed by atoms with Crippen LogP contribution >= 0.6 is 0 Å². The molecule has 1 N–H and O–H groups in total. The molecule has 0 fully saturated rings. The third-order valence-electron chi connectivity index (χ3n) is 3.82. The molecule has 0 atom stereocenters. The average molecular weight is 336 g/mol. The topological polar surface area (TPSA) is 45.3 Å². The Bertz CT molecular complexity index is 736. The van der Waals surface area contributed by atoms with Crippen LogP contribution in [-0.2, 0) is 7.05 Å². The van der Waals surface area contributed by atoms with Gasteiger partial charge in [0.15, 0.2) is 12.4 Å². The number of carbonyl (C=O) groups excluding carboxylic acids is 1. The van der Waals surface area contributed by atoms with Crippen molar-refractivity contribution < 1.29 is 9.36 Å². The number of unbranched alkanes of at least 4 members (excludes halogenated alkanes) is 2. The van der Waals surface area contributed by atoms with E-state index >= 15 is 0 Å². The van der Waals surface area contributed by atoms with Gasteiger partial charge in [-0.25, -0.2) is 9.99 Å². The van der Waals surface area contributed by atoms with Gasteiger partial charge in [0.25, 0.3) is 5.91 Å². The molecular formula is C21H26N3O+. The predicted molar refractivity (Wildman–Crippen MR) is 102 cm³/mol. The molecule has 4 nitrogen and oxygen atoms in total. The summed E-state index contributed by atoms with van der Waals surface area (Å²) in [5, 5.41) is 4.15. The van der Waals surface area contributed by atoms with Gasteiger partial charge in [-0.05, 0) is 30.0 Å². The summed E-state index contributed by atoms with van der Waals surface area (Å²) in [5.74, 6) is -0.208. The molecule has 2 rings (SSSR count). The third kappa shape index (κ3) is 6.71. The molecule has 0 bridgehead atoms. The molecule has 1 aromatic heterocycles. The molecule has 0 spiro atoms. The smallest absolute Gasteiger partial charge is 0.267 e. The molecule has 0 saturated heterocycles. The molecule has 0 radical (unpaired) electrons. The molecule has 0 unspecified atom stereocenters. The highest BCUT2D eigenvalue weighted by Crippen LogP contribution is 2.12. The minimum absolute atomic E-state index is 0.208. The van der Waals surface area contributed by atoms with Crippen molar-refractivity contribution in [3.8, 4) is 0 Å². The maximum Gasteiger partial charge on any atom is 0.277 e. The number of benzene rings is 1. The van der Waals surface area contributed by atoms with Crippen LogP contribution in [0.25, 0.3) is 6.08 Å². The number of hydrazone groups is 1. The van der Waals surface area contributed by atoms with Crippen molar-refractivity contribution in [1.29, 1.82) is 0 Å². The number of nitrogens with one attached hydrogen (secondary N) is 1. The van der Waals surface area contributed by atoms with Crippen LogP contribution in [0.2, 0.25) is 0 Å². The summed E-state index contributed by atoms with van der Waals surface area (Å²) >= 11 is 0. The van der Waals surface area contributed by atoms with Crippen molar-refractivity contribution >= 4 is 18.2 Å². The first-order valence-electron chi connectivity index (χ1n) is 8.73. The van der Waals surface area contributed by atoms with Crippen molar-refractivity contribution in [3.05, 3.63) is 71.6 Å². The number of rotatable bonds is 8. The quantitative estimate of drug-likeness (QED) is 0.338. The Morgan fingerprint density at radius 1 is 1.16 bits per heavy atom. The highest BCUT2D eigenvalue weighted by molar-refractivity contribution is 5.94. The summed E-state index contributed by atoms with van der Waals surface area (Å²) in [4.78, 5) is 12.1. The van der Waals surface area contributed by atoms with E-state index in [2.05, 4.69) is 35.7 Å². The molecule has 0 aliphatic heterocycles. The summed E-state index contributed by atoms with van der Waals surface area (Å²) in [6, 6.07) is 13.8. The molecular weight excluding hydrogens is 310 g/mol. The van der Waals surface area contributed by atoms with Crippen LogP contribution in [0.4, 0.5) is 0 Å². The second-order valence-corrected chi connectivity index (χ2v) is 6.04. The van der Waals surface area contributed by atoms with Crippen LogP contribution in [-0.4, -0.2) is 12.1 Å². The monoisotopic (exact) mass is 336 g/mol. The molecule has 4 heteroatoms. The molecule has 130 valence electrons. The Morgan fingerprint density at radius 2 is 1.96 bits per heavy atom. The maximum absolute atomic E-state index is 12.1. The van der Waals surface area contributed by atoms with Crippen LogP contribution in [0.3, 0.4) is 0 Å². The van der Waals surface area contributed by atoms with Crippen LogP contribution in [0.1, 0.15) is 48.5 Å². The van der Waals surface area contributed by atoms with E-state index < -0.39 is 0 Å². The zero-order valence-electron chi connectivity index (χ0n) is 15.0. The number of carbonyl (C=O) groups is 1. The lowest BCUT2D eigenvalue weighted by Gasteiger charge is -2.03. The molecule has 1 heterocycles. The van der Waals surface area contributed by atoms with Crippen molar-refractivity contribution in [2.75, 3.05) is 0 Å². The number of allylic oxidation sites excluding steroid dienone is 1. The first-order valence-corrected chi connectivity index (χ1v) is 8.73. The fourth-order valence-corrected chi connectivity index (χ4v) is 2.48. The van der Waals surface area contributed by atoms with E-state index in [0.717, 1.165) is 24.0 Å². The van der Waals surface area contributed by atoms with E-state index in [9.17, 15) is 4.79 Å². The highest BCUT2D eigenvalue weighted by Gasteiger charge is 2.07. The van der Waals surface area contributed by atoms with Gasteiger partial charge < -0.3 is 0 Å². The summed E-state index contributed by atoms with van der Waals surface area (Å²) in [7, 11) is 1.88.